The first-order valence-electron chi connectivity index (χ1n) is 10.2. The number of ether oxygens (including phenoxy) is 1. The van der Waals surface area contributed by atoms with Crippen LogP contribution in [0.4, 0.5) is 0 Å². The van der Waals surface area contributed by atoms with Crippen LogP contribution < -0.4 is 0 Å². The quantitative estimate of drug-likeness (QED) is 0.702. The largest absolute Gasteiger partial charge is 0.385 e. The lowest BCUT2D eigenvalue weighted by atomic mass is 9.82. The summed E-state index contributed by atoms with van der Waals surface area (Å²) in [5.74, 6) is 0. The summed E-state index contributed by atoms with van der Waals surface area (Å²) in [6.45, 7) is 6.40. The lowest BCUT2D eigenvalue weighted by Gasteiger charge is -2.39. The van der Waals surface area contributed by atoms with Crippen LogP contribution >= 0.6 is 0 Å². The van der Waals surface area contributed by atoms with Crippen LogP contribution in [0.15, 0.2) is 54.7 Å². The van der Waals surface area contributed by atoms with Gasteiger partial charge in [0, 0.05) is 50.4 Å². The Morgan fingerprint density at radius 2 is 1.75 bits per heavy atom. The molecule has 28 heavy (non-hydrogen) atoms. The van der Waals surface area contributed by atoms with Crippen molar-refractivity contribution in [3.05, 3.63) is 71.4 Å². The third kappa shape index (κ3) is 3.72. The topological polar surface area (TPSA) is 37.6 Å². The molecule has 2 aromatic carbocycles. The molecule has 0 atom stereocenters. The molecule has 0 unspecified atom stereocenters. The van der Waals surface area contributed by atoms with Crippen molar-refractivity contribution in [2.75, 3.05) is 26.8 Å². The molecule has 0 saturated carbocycles. The van der Waals surface area contributed by atoms with Crippen LogP contribution in [0.3, 0.4) is 0 Å². The molecule has 0 bridgehead atoms. The molecule has 0 aliphatic carbocycles. The Balaban J connectivity index is 1.49. The van der Waals surface area contributed by atoms with Gasteiger partial charge in [-0.1, -0.05) is 42.5 Å². The van der Waals surface area contributed by atoms with E-state index in [1.54, 1.807) is 7.11 Å². The van der Waals surface area contributed by atoms with Gasteiger partial charge >= 0.3 is 0 Å². The first kappa shape index (κ1) is 19.2. The van der Waals surface area contributed by atoms with E-state index in [1.165, 1.54) is 22.0 Å². The molecular formula is C24H30N2O2. The molecule has 0 amide bonds. The highest BCUT2D eigenvalue weighted by Crippen LogP contribution is 2.35. The number of para-hydroxylation sites is 1. The standard InChI is InChI=1S/C24H30N2O2/c1-19-7-3-5-9-22(19)24(27)11-13-25(14-12-24)17-20-18-26(15-16-28-2)23-10-6-4-8-21(20)23/h3-10,18,27H,11-17H2,1-2H3. The number of piperidine rings is 1. The van der Waals surface area contributed by atoms with Crippen molar-refractivity contribution in [1.82, 2.24) is 9.47 Å². The van der Waals surface area contributed by atoms with Gasteiger partial charge in [0.05, 0.1) is 12.2 Å². The summed E-state index contributed by atoms with van der Waals surface area (Å²) in [5.41, 5.74) is 4.19. The van der Waals surface area contributed by atoms with E-state index in [0.717, 1.165) is 44.6 Å². The maximum atomic E-state index is 11.2. The third-order valence-corrected chi connectivity index (χ3v) is 6.13. The van der Waals surface area contributed by atoms with Gasteiger partial charge in [-0.2, -0.15) is 0 Å². The zero-order chi connectivity index (χ0) is 19.6. The first-order chi connectivity index (χ1) is 13.6. The minimum atomic E-state index is -0.700. The lowest BCUT2D eigenvalue weighted by Crippen LogP contribution is -2.42. The molecule has 148 valence electrons. The van der Waals surface area contributed by atoms with Gasteiger partial charge in [0.1, 0.15) is 0 Å². The molecule has 1 N–H and O–H groups in total. The Labute approximate surface area is 167 Å². The molecule has 4 rings (SSSR count). The van der Waals surface area contributed by atoms with Crippen molar-refractivity contribution in [3.8, 4) is 0 Å². The molecule has 0 radical (unpaired) electrons. The average molecular weight is 379 g/mol. The Morgan fingerprint density at radius 1 is 1.04 bits per heavy atom. The average Bonchev–Trinajstić information content (AvgIpc) is 3.06. The van der Waals surface area contributed by atoms with E-state index < -0.39 is 5.60 Å². The second kappa shape index (κ2) is 8.08. The van der Waals surface area contributed by atoms with Crippen LogP contribution in [0.25, 0.3) is 10.9 Å². The first-order valence-corrected chi connectivity index (χ1v) is 10.2. The van der Waals surface area contributed by atoms with Gasteiger partial charge in [-0.3, -0.25) is 4.90 Å². The number of methoxy groups -OCH3 is 1. The number of benzene rings is 2. The Morgan fingerprint density at radius 3 is 2.50 bits per heavy atom. The summed E-state index contributed by atoms with van der Waals surface area (Å²) in [6.07, 6.45) is 3.83. The summed E-state index contributed by atoms with van der Waals surface area (Å²) in [4.78, 5) is 2.47. The summed E-state index contributed by atoms with van der Waals surface area (Å²) < 4.78 is 7.56. The number of aryl methyl sites for hydroxylation is 1. The number of hydrogen-bond acceptors (Lipinski definition) is 3. The van der Waals surface area contributed by atoms with Gasteiger partial charge in [0.25, 0.3) is 0 Å². The molecule has 4 heteroatoms. The molecular weight excluding hydrogens is 348 g/mol. The van der Waals surface area contributed by atoms with E-state index >= 15 is 0 Å². The van der Waals surface area contributed by atoms with Crippen LogP contribution in [0.5, 0.6) is 0 Å². The van der Waals surface area contributed by atoms with Gasteiger partial charge < -0.3 is 14.4 Å². The van der Waals surface area contributed by atoms with Crippen molar-refractivity contribution in [1.29, 1.82) is 0 Å². The molecule has 0 spiro atoms. The predicted octanol–water partition coefficient (Wildman–Crippen LogP) is 4.08. The van der Waals surface area contributed by atoms with Gasteiger partial charge in [-0.15, -0.1) is 0 Å². The molecule has 1 fully saturated rings. The Hall–Kier alpha value is -2.14. The third-order valence-electron chi connectivity index (χ3n) is 6.13. The van der Waals surface area contributed by atoms with Crippen LogP contribution in [-0.2, 0) is 23.4 Å². The van der Waals surface area contributed by atoms with Crippen LogP contribution in [0, 0.1) is 6.92 Å². The fraction of sp³-hybridized carbons (Fsp3) is 0.417. The zero-order valence-corrected chi connectivity index (χ0v) is 16.9. The lowest BCUT2D eigenvalue weighted by molar-refractivity contribution is -0.0281. The number of rotatable bonds is 6. The highest BCUT2D eigenvalue weighted by molar-refractivity contribution is 5.83. The molecule has 1 aliphatic rings. The van der Waals surface area contributed by atoms with E-state index in [1.807, 2.05) is 12.1 Å². The monoisotopic (exact) mass is 378 g/mol. The fourth-order valence-corrected chi connectivity index (χ4v) is 4.51. The number of nitrogens with zero attached hydrogens (tertiary/aromatic N) is 2. The molecule has 1 aromatic heterocycles. The molecule has 1 saturated heterocycles. The molecule has 4 nitrogen and oxygen atoms in total. The fourth-order valence-electron chi connectivity index (χ4n) is 4.51. The van der Waals surface area contributed by atoms with E-state index in [9.17, 15) is 5.11 Å². The van der Waals surface area contributed by atoms with Crippen molar-refractivity contribution >= 4 is 10.9 Å². The van der Waals surface area contributed by atoms with Crippen LogP contribution in [0.2, 0.25) is 0 Å². The minimum Gasteiger partial charge on any atom is -0.385 e. The van der Waals surface area contributed by atoms with Crippen molar-refractivity contribution in [2.45, 2.75) is 38.5 Å². The van der Waals surface area contributed by atoms with Crippen LogP contribution in [-0.4, -0.2) is 41.4 Å². The second-order valence-electron chi connectivity index (χ2n) is 7.98. The minimum absolute atomic E-state index is 0.700. The Bertz CT molecular complexity index is 939. The molecule has 2 heterocycles. The van der Waals surface area contributed by atoms with Crippen molar-refractivity contribution < 1.29 is 9.84 Å². The molecule has 1 aliphatic heterocycles. The normalized spacial score (nSPS) is 17.2. The van der Waals surface area contributed by atoms with Gasteiger partial charge in [-0.05, 0) is 42.5 Å². The van der Waals surface area contributed by atoms with Crippen LogP contribution in [0.1, 0.15) is 29.5 Å². The number of hydrogen-bond donors (Lipinski definition) is 1. The van der Waals surface area contributed by atoms with Crippen molar-refractivity contribution in [3.63, 3.8) is 0 Å². The Kier molecular flexibility index (Phi) is 5.54. The summed E-state index contributed by atoms with van der Waals surface area (Å²) in [5, 5.41) is 12.6. The highest BCUT2D eigenvalue weighted by atomic mass is 16.5. The number of likely N-dealkylation sites (tertiary alicyclic amines) is 1. The summed E-state index contributed by atoms with van der Waals surface area (Å²) in [7, 11) is 1.75. The SMILES string of the molecule is COCCn1cc(CN2CCC(O)(c3ccccc3C)CC2)c2ccccc21. The maximum absolute atomic E-state index is 11.2. The maximum Gasteiger partial charge on any atom is 0.0923 e. The summed E-state index contributed by atoms with van der Waals surface area (Å²) >= 11 is 0. The van der Waals surface area contributed by atoms with Gasteiger partial charge in [-0.25, -0.2) is 0 Å². The van der Waals surface area contributed by atoms with E-state index in [-0.39, 0.29) is 0 Å². The van der Waals surface area contributed by atoms with Gasteiger partial charge in [0.15, 0.2) is 0 Å². The van der Waals surface area contributed by atoms with Crippen molar-refractivity contribution in [2.24, 2.45) is 0 Å². The highest BCUT2D eigenvalue weighted by Gasteiger charge is 2.35. The number of aromatic nitrogens is 1. The zero-order valence-electron chi connectivity index (χ0n) is 16.9. The smallest absolute Gasteiger partial charge is 0.0923 e. The number of aliphatic hydroxyl groups is 1. The van der Waals surface area contributed by atoms with Gasteiger partial charge in [0.2, 0.25) is 0 Å². The van der Waals surface area contributed by atoms with E-state index in [4.69, 9.17) is 4.74 Å². The summed E-state index contributed by atoms with van der Waals surface area (Å²) in [6, 6.07) is 16.8. The predicted molar refractivity (Wildman–Crippen MR) is 113 cm³/mol. The van der Waals surface area contributed by atoms with E-state index in [0.29, 0.717) is 6.61 Å². The molecule has 3 aromatic rings. The second-order valence-corrected chi connectivity index (χ2v) is 7.98. The van der Waals surface area contributed by atoms with E-state index in [2.05, 4.69) is 59.0 Å². The number of fused-ring (bicyclic) bond motifs is 1.